The molecule has 0 bridgehead atoms. The summed E-state index contributed by atoms with van der Waals surface area (Å²) in [6, 6.07) is 0.235. The molecule has 232 valence electrons. The zero-order valence-electron chi connectivity index (χ0n) is 22.5. The number of hydrogen-bond donors (Lipinski definition) is 6. The number of fused-ring (bicyclic) bond motifs is 1. The molecule has 0 spiro atoms. The molecule has 6 N–H and O–H groups in total. The third-order valence-corrected chi connectivity index (χ3v) is 8.69. The van der Waals surface area contributed by atoms with Crippen LogP contribution in [0.4, 0.5) is 5.82 Å². The highest BCUT2D eigenvalue weighted by Crippen LogP contribution is 2.52. The third kappa shape index (κ3) is 7.52. The molecule has 0 radical (unpaired) electrons. The highest BCUT2D eigenvalue weighted by atomic mass is 35.5. The van der Waals surface area contributed by atoms with Gasteiger partial charge in [0.15, 0.2) is 11.9 Å². The molecule has 41 heavy (non-hydrogen) atoms. The zero-order chi connectivity index (χ0) is 29.6. The van der Waals surface area contributed by atoms with Gasteiger partial charge in [0, 0.05) is 13.2 Å². The van der Waals surface area contributed by atoms with Crippen LogP contribution in [-0.4, -0.2) is 128 Å². The molecule has 0 amide bonds. The van der Waals surface area contributed by atoms with Crippen molar-refractivity contribution in [2.75, 3.05) is 58.7 Å². The lowest BCUT2D eigenvalue weighted by Crippen LogP contribution is -2.46. The van der Waals surface area contributed by atoms with Gasteiger partial charge in [-0.1, -0.05) is 12.8 Å². The normalized spacial score (nSPS) is 25.2. The number of ether oxygens (including phenoxy) is 5. The first-order valence-electron chi connectivity index (χ1n) is 13.2. The summed E-state index contributed by atoms with van der Waals surface area (Å²) in [5.74, 6) is 0.494. The first-order valence-corrected chi connectivity index (χ1v) is 15.2. The summed E-state index contributed by atoms with van der Waals surface area (Å²) in [5.41, 5.74) is 0.261. The van der Waals surface area contributed by atoms with Crippen molar-refractivity contribution in [1.82, 2.24) is 19.7 Å². The summed E-state index contributed by atoms with van der Waals surface area (Å²) in [5, 5.41) is 36.6. The number of halogens is 1. The topological polar surface area (TPSA) is 220 Å². The monoisotopic (exact) mass is 625 g/mol. The second kappa shape index (κ2) is 14.3. The van der Waals surface area contributed by atoms with Crippen LogP contribution in [0.1, 0.15) is 31.9 Å². The van der Waals surface area contributed by atoms with Gasteiger partial charge < -0.3 is 54.1 Å². The Hall–Kier alpha value is -1.53. The number of aliphatic hydroxyl groups excluding tert-OH is 3. The number of aromatic nitrogens is 4. The molecule has 1 saturated carbocycles. The highest BCUT2D eigenvalue weighted by Gasteiger charge is 2.52. The Balaban J connectivity index is 1.52. The second-order valence-corrected chi connectivity index (χ2v) is 12.2. The summed E-state index contributed by atoms with van der Waals surface area (Å²) in [7, 11) is -3.62. The Kier molecular flexibility index (Phi) is 11.3. The van der Waals surface area contributed by atoms with E-state index >= 15 is 0 Å². The maximum absolute atomic E-state index is 12.6. The standard InChI is InChI=1S/C23H37ClN5O11P/c1-36-8-9-38-13-23(41(33,34)35,12-37-7-6-30)39-11-16-17(31)18(32)21(40-16)29-20-15(10-25-29)19(27-22(24)28-20)26-14-4-2-3-5-14/h10,14,16-18,21,30-32H,2-9,11-13H2,1H3,(H,26,27,28)(H2,33,34,35)/t16-,17-,18-,21-,23-/m1/s1. The number of methoxy groups -OCH3 is 1. The lowest BCUT2D eigenvalue weighted by atomic mass is 10.1. The van der Waals surface area contributed by atoms with E-state index in [0.717, 1.165) is 25.7 Å². The van der Waals surface area contributed by atoms with Crippen LogP contribution in [0.3, 0.4) is 0 Å². The molecular weight excluding hydrogens is 589 g/mol. The minimum absolute atomic E-state index is 0.0132. The van der Waals surface area contributed by atoms with E-state index in [0.29, 0.717) is 11.2 Å². The molecule has 0 aromatic carbocycles. The number of aliphatic hydroxyl groups is 3. The predicted molar refractivity (Wildman–Crippen MR) is 143 cm³/mol. The number of rotatable bonds is 16. The molecular formula is C23H37ClN5O11P. The minimum Gasteiger partial charge on any atom is -0.394 e. The van der Waals surface area contributed by atoms with Gasteiger partial charge in [0.25, 0.3) is 0 Å². The van der Waals surface area contributed by atoms with Gasteiger partial charge in [-0.15, -0.1) is 0 Å². The van der Waals surface area contributed by atoms with Gasteiger partial charge >= 0.3 is 7.60 Å². The molecule has 2 fully saturated rings. The number of hydrogen-bond acceptors (Lipinski definition) is 13. The molecule has 1 saturated heterocycles. The van der Waals surface area contributed by atoms with Crippen molar-refractivity contribution >= 4 is 36.0 Å². The minimum atomic E-state index is -5.06. The highest BCUT2D eigenvalue weighted by molar-refractivity contribution is 7.53. The molecule has 0 unspecified atom stereocenters. The van der Waals surface area contributed by atoms with Crippen LogP contribution in [-0.2, 0) is 28.2 Å². The van der Waals surface area contributed by atoms with Crippen molar-refractivity contribution in [3.05, 3.63) is 11.5 Å². The van der Waals surface area contributed by atoms with Crippen molar-refractivity contribution in [2.45, 2.75) is 61.6 Å². The van der Waals surface area contributed by atoms with Gasteiger partial charge in [0.05, 0.1) is 57.8 Å². The van der Waals surface area contributed by atoms with E-state index in [2.05, 4.69) is 20.4 Å². The fourth-order valence-corrected chi connectivity index (χ4v) is 5.74. The second-order valence-electron chi connectivity index (χ2n) is 9.96. The molecule has 2 aliphatic rings. The van der Waals surface area contributed by atoms with Gasteiger partial charge in [-0.2, -0.15) is 15.1 Å². The fraction of sp³-hybridized carbons (Fsp3) is 0.783. The Labute approximate surface area is 241 Å². The molecule has 4 rings (SSSR count). The molecule has 2 aromatic heterocycles. The van der Waals surface area contributed by atoms with Crippen LogP contribution in [0.2, 0.25) is 5.28 Å². The molecule has 18 heteroatoms. The van der Waals surface area contributed by atoms with Crippen LogP contribution < -0.4 is 5.32 Å². The van der Waals surface area contributed by atoms with E-state index in [4.69, 9.17) is 40.4 Å². The summed E-state index contributed by atoms with van der Waals surface area (Å²) in [4.78, 5) is 28.9. The molecule has 2 aromatic rings. The average molecular weight is 626 g/mol. The predicted octanol–water partition coefficient (Wildman–Crippen LogP) is 0.0159. The van der Waals surface area contributed by atoms with Crippen LogP contribution in [0.15, 0.2) is 6.20 Å². The summed E-state index contributed by atoms with van der Waals surface area (Å²) < 4.78 is 40.9. The molecule has 1 aliphatic carbocycles. The zero-order valence-corrected chi connectivity index (χ0v) is 24.2. The Morgan fingerprint density at radius 3 is 2.51 bits per heavy atom. The molecule has 1 aliphatic heterocycles. The van der Waals surface area contributed by atoms with Gasteiger partial charge in [-0.25, -0.2) is 4.68 Å². The smallest absolute Gasteiger partial charge is 0.361 e. The van der Waals surface area contributed by atoms with Gasteiger partial charge in [-0.05, 0) is 24.4 Å². The fourth-order valence-electron chi connectivity index (χ4n) is 4.81. The summed E-state index contributed by atoms with van der Waals surface area (Å²) >= 11 is 6.20. The first kappa shape index (κ1) is 32.4. The van der Waals surface area contributed by atoms with Crippen LogP contribution in [0.25, 0.3) is 11.0 Å². The average Bonchev–Trinajstić information content (AvgIpc) is 3.65. The number of nitrogens with zero attached hydrogens (tertiary/aromatic N) is 4. The van der Waals surface area contributed by atoms with Crippen molar-refractivity contribution in [2.24, 2.45) is 0 Å². The number of anilines is 1. The maximum atomic E-state index is 12.6. The third-order valence-electron chi connectivity index (χ3n) is 7.07. The molecule has 5 atom stereocenters. The van der Waals surface area contributed by atoms with Gasteiger partial charge in [0.1, 0.15) is 24.1 Å². The van der Waals surface area contributed by atoms with Crippen molar-refractivity contribution < 1.29 is 53.4 Å². The van der Waals surface area contributed by atoms with Crippen LogP contribution in [0.5, 0.6) is 0 Å². The summed E-state index contributed by atoms with van der Waals surface area (Å²) in [6.07, 6.45) is 0.234. The van der Waals surface area contributed by atoms with E-state index in [9.17, 15) is 24.6 Å². The largest absolute Gasteiger partial charge is 0.394 e. The molecule has 3 heterocycles. The lowest BCUT2D eigenvalue weighted by Gasteiger charge is -2.34. The van der Waals surface area contributed by atoms with Crippen molar-refractivity contribution in [1.29, 1.82) is 0 Å². The summed E-state index contributed by atoms with van der Waals surface area (Å²) in [6.45, 7) is -2.19. The van der Waals surface area contributed by atoms with Crippen molar-refractivity contribution in [3.8, 4) is 0 Å². The first-order chi connectivity index (χ1) is 19.6. The lowest BCUT2D eigenvalue weighted by molar-refractivity contribution is -0.139. The Morgan fingerprint density at radius 2 is 1.85 bits per heavy atom. The van der Waals surface area contributed by atoms with E-state index in [1.165, 1.54) is 18.0 Å². The molecule has 16 nitrogen and oxygen atoms in total. The van der Waals surface area contributed by atoms with E-state index in [1.54, 1.807) is 0 Å². The van der Waals surface area contributed by atoms with E-state index < -0.39 is 57.3 Å². The van der Waals surface area contributed by atoms with Gasteiger partial charge in [-0.3, -0.25) is 4.57 Å². The van der Waals surface area contributed by atoms with E-state index in [1.807, 2.05) is 0 Å². The van der Waals surface area contributed by atoms with Crippen LogP contribution in [0, 0.1) is 0 Å². The van der Waals surface area contributed by atoms with Gasteiger partial charge in [0.2, 0.25) is 10.6 Å². The number of nitrogens with one attached hydrogen (secondary N) is 1. The maximum Gasteiger partial charge on any atom is 0.361 e. The Bertz CT molecular complexity index is 1180. The quantitative estimate of drug-likeness (QED) is 0.0822. The van der Waals surface area contributed by atoms with Crippen LogP contribution >= 0.6 is 19.2 Å². The van der Waals surface area contributed by atoms with Crippen molar-refractivity contribution in [3.63, 3.8) is 0 Å². The SMILES string of the molecule is COCCOC[C@](COCCO)(OC[C@H]1O[C@@H](n2ncc3c(NC4CCCC4)nc(Cl)nc32)[C@H](O)[C@@H]1O)P(=O)(O)O. The Morgan fingerprint density at radius 1 is 1.15 bits per heavy atom. The van der Waals surface area contributed by atoms with E-state index in [-0.39, 0.29) is 43.4 Å².